The molecule has 0 aromatic heterocycles. The molecule has 1 aliphatic rings. The van der Waals surface area contributed by atoms with Crippen LogP contribution in [-0.2, 0) is 10.2 Å². The molecule has 2 unspecified atom stereocenters. The van der Waals surface area contributed by atoms with Crippen LogP contribution in [0, 0.1) is 11.8 Å². The van der Waals surface area contributed by atoms with E-state index in [4.69, 9.17) is 9.84 Å². The van der Waals surface area contributed by atoms with Crippen molar-refractivity contribution in [2.24, 2.45) is 11.8 Å². The van der Waals surface area contributed by atoms with Gasteiger partial charge in [-0.25, -0.2) is 0 Å². The van der Waals surface area contributed by atoms with Crippen molar-refractivity contribution in [3.63, 3.8) is 0 Å². The van der Waals surface area contributed by atoms with E-state index in [0.29, 0.717) is 17.4 Å². The third kappa shape index (κ3) is 7.40. The van der Waals surface area contributed by atoms with Gasteiger partial charge in [0.1, 0.15) is 5.75 Å². The molecule has 1 fully saturated rings. The first kappa shape index (κ1) is 30.2. The average molecular weight is 587 g/mol. The van der Waals surface area contributed by atoms with Crippen LogP contribution < -0.4 is 10.1 Å². The second-order valence-electron chi connectivity index (χ2n) is 10.7. The number of hydrogen-bond acceptors (Lipinski definition) is 3. The maximum atomic E-state index is 12.6. The van der Waals surface area contributed by atoms with E-state index < -0.39 is 5.97 Å². The molecule has 0 radical (unpaired) electrons. The molecule has 5 nitrogen and oxygen atoms in total. The van der Waals surface area contributed by atoms with Crippen molar-refractivity contribution >= 4 is 27.8 Å². The minimum Gasteiger partial charge on any atom is -0.492 e. The summed E-state index contributed by atoms with van der Waals surface area (Å²) in [5, 5.41) is 11.5. The van der Waals surface area contributed by atoms with Gasteiger partial charge in [-0.1, -0.05) is 71.1 Å². The number of carboxylic acids is 1. The van der Waals surface area contributed by atoms with Crippen LogP contribution in [0.25, 0.3) is 0 Å². The van der Waals surface area contributed by atoms with Gasteiger partial charge >= 0.3 is 5.97 Å². The molecule has 2 atom stereocenters. The number of carboxylic acid groups (broad SMARTS) is 1. The largest absolute Gasteiger partial charge is 0.492 e. The van der Waals surface area contributed by atoms with Crippen LogP contribution in [0.3, 0.4) is 0 Å². The maximum absolute atomic E-state index is 12.6. The second kappa shape index (κ2) is 14.7. The highest BCUT2D eigenvalue weighted by atomic mass is 79.9. The first-order chi connectivity index (χ1) is 18.3. The van der Waals surface area contributed by atoms with E-state index in [1.807, 2.05) is 12.1 Å². The van der Waals surface area contributed by atoms with E-state index in [2.05, 4.69) is 72.3 Å². The Bertz CT molecular complexity index is 1050. The van der Waals surface area contributed by atoms with Gasteiger partial charge in [-0.15, -0.1) is 0 Å². The summed E-state index contributed by atoms with van der Waals surface area (Å²) in [4.78, 5) is 23.3. The van der Waals surface area contributed by atoms with Crippen molar-refractivity contribution < 1.29 is 19.4 Å². The lowest BCUT2D eigenvalue weighted by Crippen LogP contribution is -2.36. The minimum absolute atomic E-state index is 0.0901. The monoisotopic (exact) mass is 585 g/mol. The fraction of sp³-hybridized carbons (Fsp3) is 0.562. The fourth-order valence-corrected chi connectivity index (χ4v) is 6.74. The number of nitrogens with one attached hydrogen (secondary N) is 1. The van der Waals surface area contributed by atoms with Crippen LogP contribution in [0.4, 0.5) is 0 Å². The van der Waals surface area contributed by atoms with E-state index in [0.717, 1.165) is 42.5 Å². The highest BCUT2D eigenvalue weighted by Gasteiger charge is 2.39. The molecular weight excluding hydrogens is 542 g/mol. The molecule has 38 heavy (non-hydrogen) atoms. The van der Waals surface area contributed by atoms with Crippen molar-refractivity contribution in [2.45, 2.75) is 90.4 Å². The van der Waals surface area contributed by atoms with Crippen molar-refractivity contribution in [1.82, 2.24) is 5.32 Å². The fourth-order valence-electron chi connectivity index (χ4n) is 6.24. The Morgan fingerprint density at radius 2 is 1.74 bits per heavy atom. The zero-order chi connectivity index (χ0) is 27.5. The molecule has 0 heterocycles. The summed E-state index contributed by atoms with van der Waals surface area (Å²) in [6.07, 6.45) is 10.6. The van der Waals surface area contributed by atoms with Crippen LogP contribution in [0.1, 0.15) is 106 Å². The number of hydrogen-bond donors (Lipinski definition) is 2. The number of carbonyl (C=O) groups excluding carboxylic acids is 1. The van der Waals surface area contributed by atoms with Crippen LogP contribution in [0.2, 0.25) is 0 Å². The summed E-state index contributed by atoms with van der Waals surface area (Å²) in [7, 11) is 0. The van der Waals surface area contributed by atoms with Crippen LogP contribution >= 0.6 is 15.9 Å². The summed E-state index contributed by atoms with van der Waals surface area (Å²) in [6.45, 7) is 7.66. The number of amides is 1. The first-order valence-electron chi connectivity index (χ1n) is 14.4. The minimum atomic E-state index is -0.925. The smallest absolute Gasteiger partial charge is 0.305 e. The molecule has 0 saturated heterocycles. The zero-order valence-corrected chi connectivity index (χ0v) is 24.8. The number of carbonyl (C=O) groups is 2. The van der Waals surface area contributed by atoms with E-state index in [9.17, 15) is 9.59 Å². The lowest BCUT2D eigenvalue weighted by molar-refractivity contribution is -0.136. The van der Waals surface area contributed by atoms with Gasteiger partial charge in [-0.2, -0.15) is 0 Å². The molecule has 0 spiro atoms. The van der Waals surface area contributed by atoms with E-state index in [1.54, 1.807) is 0 Å². The molecule has 2 aromatic rings. The average Bonchev–Trinajstić information content (AvgIpc) is 2.93. The van der Waals surface area contributed by atoms with Crippen LogP contribution in [0.15, 0.2) is 46.9 Å². The Morgan fingerprint density at radius 1 is 1.05 bits per heavy atom. The summed E-state index contributed by atoms with van der Waals surface area (Å²) < 4.78 is 7.27. The third-order valence-corrected chi connectivity index (χ3v) is 8.94. The SMILES string of the molecule is CCCC(CC)C(CC)(c1ccc(C(=O)NCCC(=O)O)cc1)c1ccc(OCC2CCCCC2)c(Br)c1. The molecule has 1 amide bonds. The van der Waals surface area contributed by atoms with E-state index in [1.165, 1.54) is 43.2 Å². The van der Waals surface area contributed by atoms with Gasteiger partial charge in [0.05, 0.1) is 17.5 Å². The number of ether oxygens (including phenoxy) is 1. The quantitative estimate of drug-likeness (QED) is 0.234. The summed E-state index contributed by atoms with van der Waals surface area (Å²) >= 11 is 3.82. The predicted molar refractivity (Wildman–Crippen MR) is 157 cm³/mol. The van der Waals surface area contributed by atoms with Crippen molar-refractivity contribution in [3.05, 3.63) is 63.6 Å². The molecule has 0 bridgehead atoms. The third-order valence-electron chi connectivity index (χ3n) is 8.32. The molecule has 3 rings (SSSR count). The zero-order valence-electron chi connectivity index (χ0n) is 23.2. The standard InChI is InChI=1S/C32H44BrNO4/c1-4-10-25(5-2)32(6-3,26-15-13-24(14-16-26)31(37)34-20-19-30(35)36)27-17-18-29(28(33)21-27)38-22-23-11-8-7-9-12-23/h13-18,21,23,25H,4-12,19-20,22H2,1-3H3,(H,34,37)(H,35,36). The molecule has 1 saturated carbocycles. The van der Waals surface area contributed by atoms with E-state index >= 15 is 0 Å². The van der Waals surface area contributed by atoms with Gasteiger partial charge in [0, 0.05) is 17.5 Å². The Balaban J connectivity index is 1.90. The predicted octanol–water partition coefficient (Wildman–Crippen LogP) is 8.14. The van der Waals surface area contributed by atoms with Crippen LogP contribution in [-0.4, -0.2) is 30.1 Å². The molecular formula is C32H44BrNO4. The van der Waals surface area contributed by atoms with Crippen LogP contribution in [0.5, 0.6) is 5.75 Å². The number of rotatable bonds is 14. The summed E-state index contributed by atoms with van der Waals surface area (Å²) in [6, 6.07) is 14.5. The van der Waals surface area contributed by atoms with Gasteiger partial charge in [0.2, 0.25) is 0 Å². The maximum Gasteiger partial charge on any atom is 0.305 e. The van der Waals surface area contributed by atoms with Crippen molar-refractivity contribution in [2.75, 3.05) is 13.2 Å². The first-order valence-corrected chi connectivity index (χ1v) is 15.2. The molecule has 2 aromatic carbocycles. The second-order valence-corrected chi connectivity index (χ2v) is 11.5. The van der Waals surface area contributed by atoms with E-state index in [-0.39, 0.29) is 24.3 Å². The molecule has 0 aliphatic heterocycles. The highest BCUT2D eigenvalue weighted by molar-refractivity contribution is 9.10. The highest BCUT2D eigenvalue weighted by Crippen LogP contribution is 2.47. The number of halogens is 1. The molecule has 208 valence electrons. The summed E-state index contributed by atoms with van der Waals surface area (Å²) in [5.41, 5.74) is 2.80. The molecule has 6 heteroatoms. The Hall–Kier alpha value is -2.34. The van der Waals surface area contributed by atoms with Gasteiger partial charge < -0.3 is 15.2 Å². The normalized spacial score (nSPS) is 16.4. The Kier molecular flexibility index (Phi) is 11.7. The lowest BCUT2D eigenvalue weighted by atomic mass is 9.62. The topological polar surface area (TPSA) is 75.6 Å². The Morgan fingerprint density at radius 3 is 2.32 bits per heavy atom. The van der Waals surface area contributed by atoms with Crippen molar-refractivity contribution in [3.8, 4) is 5.75 Å². The number of aliphatic carboxylic acids is 1. The van der Waals surface area contributed by atoms with Gasteiger partial charge in [0.25, 0.3) is 5.91 Å². The van der Waals surface area contributed by atoms with Gasteiger partial charge in [-0.05, 0) is 88.8 Å². The van der Waals surface area contributed by atoms with Gasteiger partial charge in [-0.3, -0.25) is 9.59 Å². The molecule has 1 aliphatic carbocycles. The van der Waals surface area contributed by atoms with Gasteiger partial charge in [0.15, 0.2) is 0 Å². The summed E-state index contributed by atoms with van der Waals surface area (Å²) in [5.74, 6) is 0.822. The number of benzene rings is 2. The lowest BCUT2D eigenvalue weighted by Gasteiger charge is -2.42. The molecule has 2 N–H and O–H groups in total. The Labute approximate surface area is 236 Å². The van der Waals surface area contributed by atoms with Crippen molar-refractivity contribution in [1.29, 1.82) is 0 Å².